The van der Waals surface area contributed by atoms with Crippen LogP contribution in [0.4, 0.5) is 17.3 Å². The van der Waals surface area contributed by atoms with Crippen molar-refractivity contribution in [3.63, 3.8) is 0 Å². The first-order chi connectivity index (χ1) is 10.2. The van der Waals surface area contributed by atoms with Gasteiger partial charge >= 0.3 is 0 Å². The quantitative estimate of drug-likeness (QED) is 0.601. The van der Waals surface area contributed by atoms with E-state index in [4.69, 9.17) is 10.5 Å². The number of aliphatic hydroxyl groups is 2. The van der Waals surface area contributed by atoms with Crippen molar-refractivity contribution in [1.29, 1.82) is 0 Å². The highest BCUT2D eigenvalue weighted by atomic mass is 16.5. The molecule has 3 heterocycles. The maximum Gasteiger partial charge on any atom is 0.162 e. The van der Waals surface area contributed by atoms with E-state index < -0.39 is 12.2 Å². The number of hydrogen-bond donors (Lipinski definition) is 3. The number of anilines is 3. The van der Waals surface area contributed by atoms with Gasteiger partial charge in [0.15, 0.2) is 11.6 Å². The third-order valence-electron chi connectivity index (χ3n) is 3.65. The number of nitrogen functional groups attached to an aromatic ring is 1. The number of nitrogens with two attached hydrogens (primary N) is 1. The van der Waals surface area contributed by atoms with E-state index in [9.17, 15) is 10.2 Å². The summed E-state index contributed by atoms with van der Waals surface area (Å²) in [5.74, 6) is 3.80. The van der Waals surface area contributed by atoms with Crippen LogP contribution in [0.15, 0.2) is 6.33 Å². The highest BCUT2D eigenvalue weighted by Gasteiger charge is 2.41. The summed E-state index contributed by atoms with van der Waals surface area (Å²) in [6.45, 7) is 1.94. The molecule has 2 aliphatic rings. The van der Waals surface area contributed by atoms with Gasteiger partial charge in [0.05, 0.1) is 12.7 Å². The maximum atomic E-state index is 9.88. The van der Waals surface area contributed by atoms with Gasteiger partial charge in [-0.1, -0.05) is 5.92 Å². The lowest BCUT2D eigenvalue weighted by atomic mass is 10.2. The molecular formula is C13H17N5O3. The summed E-state index contributed by atoms with van der Waals surface area (Å²) in [4.78, 5) is 11.9. The Hall–Kier alpha value is -2.08. The minimum Gasteiger partial charge on any atom is -0.394 e. The monoisotopic (exact) mass is 291 g/mol. The highest BCUT2D eigenvalue weighted by molar-refractivity contribution is 5.83. The smallest absolute Gasteiger partial charge is 0.162 e. The summed E-state index contributed by atoms with van der Waals surface area (Å²) in [6, 6.07) is 2.95. The molecule has 0 saturated carbocycles. The van der Waals surface area contributed by atoms with Crippen LogP contribution in [0.5, 0.6) is 0 Å². The minimum absolute atomic E-state index is 0.219. The molecule has 3 atom stereocenters. The molecular weight excluding hydrogens is 274 g/mol. The summed E-state index contributed by atoms with van der Waals surface area (Å²) < 4.78 is 5.68. The Balaban J connectivity index is 1.92. The number of ether oxygens (including phenoxy) is 1. The fourth-order valence-corrected chi connectivity index (χ4v) is 2.67. The van der Waals surface area contributed by atoms with Crippen LogP contribution in [0.1, 0.15) is 13.3 Å². The van der Waals surface area contributed by atoms with Crippen LogP contribution in [0.25, 0.3) is 0 Å². The van der Waals surface area contributed by atoms with Gasteiger partial charge in [0.1, 0.15) is 31.0 Å². The zero-order chi connectivity index (χ0) is 15.0. The van der Waals surface area contributed by atoms with Crippen LogP contribution in [-0.4, -0.2) is 51.9 Å². The van der Waals surface area contributed by atoms with Gasteiger partial charge in [0.2, 0.25) is 0 Å². The van der Waals surface area contributed by atoms with Crippen LogP contribution >= 0.6 is 0 Å². The zero-order valence-electron chi connectivity index (χ0n) is 11.6. The van der Waals surface area contributed by atoms with E-state index >= 15 is 0 Å². The summed E-state index contributed by atoms with van der Waals surface area (Å²) in [7, 11) is 0. The maximum absolute atomic E-state index is 9.88. The fraction of sp³-hybridized carbons (Fsp3) is 0.538. The molecule has 0 aromatic carbocycles. The van der Waals surface area contributed by atoms with Gasteiger partial charge in [-0.2, -0.15) is 0 Å². The van der Waals surface area contributed by atoms with Gasteiger partial charge in [-0.05, 0) is 6.92 Å². The van der Waals surface area contributed by atoms with Crippen molar-refractivity contribution in [1.82, 2.24) is 9.97 Å². The van der Waals surface area contributed by atoms with Crippen LogP contribution in [0.3, 0.4) is 0 Å². The Labute approximate surface area is 122 Å². The topological polar surface area (TPSA) is 108 Å². The van der Waals surface area contributed by atoms with E-state index in [1.54, 1.807) is 11.8 Å². The Morgan fingerprint density at radius 3 is 3.00 bits per heavy atom. The molecule has 21 heavy (non-hydrogen) atoms. The lowest BCUT2D eigenvalue weighted by molar-refractivity contribution is -0.0220. The molecule has 0 bridgehead atoms. The predicted molar refractivity (Wildman–Crippen MR) is 76.1 cm³/mol. The molecule has 0 spiro atoms. The summed E-state index contributed by atoms with van der Waals surface area (Å²) in [6.07, 6.45) is 0.118. The Morgan fingerprint density at radius 1 is 1.52 bits per heavy atom. The molecule has 1 saturated heterocycles. The Morgan fingerprint density at radius 2 is 2.33 bits per heavy atom. The van der Waals surface area contributed by atoms with Crippen molar-refractivity contribution >= 4 is 17.3 Å². The van der Waals surface area contributed by atoms with Crippen molar-refractivity contribution in [2.75, 3.05) is 28.8 Å². The molecule has 8 nitrogen and oxygen atoms in total. The Kier molecular flexibility index (Phi) is 3.55. The van der Waals surface area contributed by atoms with E-state index in [1.165, 1.54) is 6.33 Å². The third-order valence-corrected chi connectivity index (χ3v) is 3.65. The first-order valence-corrected chi connectivity index (χ1v) is 6.67. The lowest BCUT2D eigenvalue weighted by Crippen LogP contribution is -2.38. The number of hydrogen-bond acceptors (Lipinski definition) is 8. The number of fused-ring (bicyclic) bond motifs is 1. The van der Waals surface area contributed by atoms with Gasteiger partial charge in [-0.15, -0.1) is 0 Å². The SMILES string of the molecule is CC#CN1CN([C@H]2CC(O)[C@@H](CO)O2)c2ncnc(N)c21. The van der Waals surface area contributed by atoms with E-state index in [1.807, 2.05) is 4.90 Å². The largest absolute Gasteiger partial charge is 0.394 e. The second kappa shape index (κ2) is 5.37. The van der Waals surface area contributed by atoms with Crippen LogP contribution in [-0.2, 0) is 4.74 Å². The fourth-order valence-electron chi connectivity index (χ4n) is 2.67. The second-order valence-corrected chi connectivity index (χ2v) is 4.95. The predicted octanol–water partition coefficient (Wildman–Crippen LogP) is -0.908. The highest BCUT2D eigenvalue weighted by Crippen LogP contribution is 2.40. The normalized spacial score (nSPS) is 27.5. The summed E-state index contributed by atoms with van der Waals surface area (Å²) in [5.41, 5.74) is 6.57. The molecule has 1 unspecified atom stereocenters. The van der Waals surface area contributed by atoms with Crippen LogP contribution in [0.2, 0.25) is 0 Å². The molecule has 2 aliphatic heterocycles. The molecule has 112 valence electrons. The van der Waals surface area contributed by atoms with Crippen molar-refractivity contribution in [2.45, 2.75) is 31.8 Å². The first kappa shape index (κ1) is 13.9. The number of nitrogens with zero attached hydrogens (tertiary/aromatic N) is 4. The van der Waals surface area contributed by atoms with E-state index in [0.29, 0.717) is 30.4 Å². The minimum atomic E-state index is -0.700. The third kappa shape index (κ3) is 2.25. The number of rotatable bonds is 2. The standard InChI is InChI=1S/C13H17N5O3/c1-2-3-17-7-18(10-4-8(20)9(5-19)21-10)13-11(17)12(14)15-6-16-13/h6,8-10,19-20H,4-5,7H2,1H3,(H2,14,15,16)/t8?,9-,10-/m1/s1. The lowest BCUT2D eigenvalue weighted by Gasteiger charge is -2.24. The van der Waals surface area contributed by atoms with Crippen LogP contribution < -0.4 is 15.5 Å². The van der Waals surface area contributed by atoms with E-state index in [2.05, 4.69) is 21.9 Å². The van der Waals surface area contributed by atoms with Crippen molar-refractivity contribution in [2.24, 2.45) is 0 Å². The number of aromatic nitrogens is 2. The van der Waals surface area contributed by atoms with Gasteiger partial charge in [-0.25, -0.2) is 9.97 Å². The average molecular weight is 291 g/mol. The molecule has 3 rings (SSSR count). The first-order valence-electron chi connectivity index (χ1n) is 6.67. The molecule has 8 heteroatoms. The zero-order valence-corrected chi connectivity index (χ0v) is 11.6. The molecule has 0 radical (unpaired) electrons. The molecule has 0 aliphatic carbocycles. The van der Waals surface area contributed by atoms with Gasteiger partial charge in [0, 0.05) is 12.5 Å². The van der Waals surface area contributed by atoms with Gasteiger partial charge in [0.25, 0.3) is 0 Å². The second-order valence-electron chi connectivity index (χ2n) is 4.95. The number of aliphatic hydroxyl groups excluding tert-OH is 2. The average Bonchev–Trinajstić information content (AvgIpc) is 3.01. The van der Waals surface area contributed by atoms with Gasteiger partial charge in [-0.3, -0.25) is 4.90 Å². The Bertz CT molecular complexity index is 599. The van der Waals surface area contributed by atoms with E-state index in [0.717, 1.165) is 0 Å². The van der Waals surface area contributed by atoms with E-state index in [-0.39, 0.29) is 12.8 Å². The molecule has 1 fully saturated rings. The van der Waals surface area contributed by atoms with Gasteiger partial charge < -0.3 is 25.6 Å². The molecule has 4 N–H and O–H groups in total. The van der Waals surface area contributed by atoms with Crippen molar-refractivity contribution in [3.05, 3.63) is 6.33 Å². The summed E-state index contributed by atoms with van der Waals surface area (Å²) in [5, 5.41) is 19.1. The molecule has 0 amide bonds. The molecule has 1 aromatic rings. The van der Waals surface area contributed by atoms with Crippen molar-refractivity contribution in [3.8, 4) is 12.0 Å². The van der Waals surface area contributed by atoms with Crippen molar-refractivity contribution < 1.29 is 14.9 Å². The van der Waals surface area contributed by atoms with Crippen LogP contribution in [0, 0.1) is 12.0 Å². The molecule has 1 aromatic heterocycles. The summed E-state index contributed by atoms with van der Waals surface area (Å²) >= 11 is 0.